The predicted molar refractivity (Wildman–Crippen MR) is 69.5 cm³/mol. The molecule has 2 N–H and O–H groups in total. The van der Waals surface area contributed by atoms with Crippen molar-refractivity contribution in [1.29, 1.82) is 0 Å². The molecule has 1 aromatic rings. The number of hydrogen-bond acceptors (Lipinski definition) is 3. The second-order valence-electron chi connectivity index (χ2n) is 5.06. The molecule has 0 radical (unpaired) electrons. The summed E-state index contributed by atoms with van der Waals surface area (Å²) in [5, 5.41) is 12.3. The van der Waals surface area contributed by atoms with Gasteiger partial charge in [-0.15, -0.1) is 0 Å². The van der Waals surface area contributed by atoms with Gasteiger partial charge in [-0.25, -0.2) is 4.79 Å². The lowest BCUT2D eigenvalue weighted by atomic mass is 10.00. The van der Waals surface area contributed by atoms with E-state index in [0.717, 1.165) is 11.6 Å². The van der Waals surface area contributed by atoms with Gasteiger partial charge in [0, 0.05) is 18.8 Å². The van der Waals surface area contributed by atoms with Crippen molar-refractivity contribution < 1.29 is 9.90 Å². The SMILES string of the molecule is CC(NCc1ccc(C(=O)O)cn1)C1CCCC1. The van der Waals surface area contributed by atoms with Gasteiger partial charge in [0.05, 0.1) is 11.3 Å². The molecule has 0 saturated heterocycles. The first-order chi connectivity index (χ1) is 8.66. The van der Waals surface area contributed by atoms with E-state index in [9.17, 15) is 4.79 Å². The smallest absolute Gasteiger partial charge is 0.337 e. The normalized spacial score (nSPS) is 17.8. The van der Waals surface area contributed by atoms with Gasteiger partial charge in [0.1, 0.15) is 0 Å². The summed E-state index contributed by atoms with van der Waals surface area (Å²) in [5.74, 6) is -0.148. The van der Waals surface area contributed by atoms with Crippen molar-refractivity contribution >= 4 is 5.97 Å². The first-order valence-electron chi connectivity index (χ1n) is 6.58. The first-order valence-corrected chi connectivity index (χ1v) is 6.58. The zero-order valence-corrected chi connectivity index (χ0v) is 10.7. The van der Waals surface area contributed by atoms with Crippen LogP contribution in [0.4, 0.5) is 0 Å². The maximum Gasteiger partial charge on any atom is 0.337 e. The molecule has 0 spiro atoms. The summed E-state index contributed by atoms with van der Waals surface area (Å²) in [6.45, 7) is 2.93. The molecule has 0 aliphatic heterocycles. The van der Waals surface area contributed by atoms with Gasteiger partial charge in [0.25, 0.3) is 0 Å². The fraction of sp³-hybridized carbons (Fsp3) is 0.571. The number of carboxylic acid groups (broad SMARTS) is 1. The number of nitrogens with one attached hydrogen (secondary N) is 1. The molecule has 1 aliphatic carbocycles. The molecule has 1 unspecified atom stereocenters. The summed E-state index contributed by atoms with van der Waals surface area (Å²) < 4.78 is 0. The van der Waals surface area contributed by atoms with E-state index in [-0.39, 0.29) is 5.56 Å². The summed E-state index contributed by atoms with van der Waals surface area (Å²) in [4.78, 5) is 14.9. The molecular formula is C14H20N2O2. The molecule has 4 nitrogen and oxygen atoms in total. The molecular weight excluding hydrogens is 228 g/mol. The third kappa shape index (κ3) is 3.29. The van der Waals surface area contributed by atoms with Crippen molar-refractivity contribution in [1.82, 2.24) is 10.3 Å². The maximum atomic E-state index is 10.7. The number of pyridine rings is 1. The van der Waals surface area contributed by atoms with E-state index >= 15 is 0 Å². The number of aromatic carboxylic acids is 1. The minimum absolute atomic E-state index is 0.239. The minimum Gasteiger partial charge on any atom is -0.478 e. The molecule has 18 heavy (non-hydrogen) atoms. The lowest BCUT2D eigenvalue weighted by Crippen LogP contribution is -2.32. The van der Waals surface area contributed by atoms with Crippen LogP contribution in [-0.4, -0.2) is 22.1 Å². The van der Waals surface area contributed by atoms with E-state index in [2.05, 4.69) is 17.2 Å². The zero-order valence-electron chi connectivity index (χ0n) is 10.7. The molecule has 0 bridgehead atoms. The van der Waals surface area contributed by atoms with E-state index in [0.29, 0.717) is 12.6 Å². The number of carboxylic acids is 1. The maximum absolute atomic E-state index is 10.7. The number of aromatic nitrogens is 1. The molecule has 98 valence electrons. The average molecular weight is 248 g/mol. The highest BCUT2D eigenvalue weighted by Crippen LogP contribution is 2.27. The third-order valence-electron chi connectivity index (χ3n) is 3.78. The Morgan fingerprint density at radius 3 is 2.78 bits per heavy atom. The third-order valence-corrected chi connectivity index (χ3v) is 3.78. The molecule has 0 aromatic carbocycles. The highest BCUT2D eigenvalue weighted by Gasteiger charge is 2.20. The fourth-order valence-electron chi connectivity index (χ4n) is 2.55. The van der Waals surface area contributed by atoms with Gasteiger partial charge in [-0.05, 0) is 37.8 Å². The Kier molecular flexibility index (Phi) is 4.31. The molecule has 4 heteroatoms. The molecule has 1 aromatic heterocycles. The Morgan fingerprint density at radius 1 is 1.50 bits per heavy atom. The Balaban J connectivity index is 1.84. The van der Waals surface area contributed by atoms with Crippen LogP contribution in [0, 0.1) is 5.92 Å². The molecule has 1 fully saturated rings. The van der Waals surface area contributed by atoms with Crippen LogP contribution in [0.5, 0.6) is 0 Å². The van der Waals surface area contributed by atoms with E-state index in [1.165, 1.54) is 31.9 Å². The van der Waals surface area contributed by atoms with Crippen LogP contribution in [0.2, 0.25) is 0 Å². The highest BCUT2D eigenvalue weighted by molar-refractivity contribution is 5.87. The summed E-state index contributed by atoms with van der Waals surface area (Å²) in [5.41, 5.74) is 1.13. The van der Waals surface area contributed by atoms with E-state index < -0.39 is 5.97 Å². The Hall–Kier alpha value is -1.42. The molecule has 1 saturated carbocycles. The van der Waals surface area contributed by atoms with E-state index in [1.807, 2.05) is 0 Å². The summed E-state index contributed by atoms with van der Waals surface area (Å²) >= 11 is 0. The van der Waals surface area contributed by atoms with Crippen molar-refractivity contribution in [2.24, 2.45) is 5.92 Å². The Bertz CT molecular complexity index is 397. The van der Waals surface area contributed by atoms with Crippen LogP contribution >= 0.6 is 0 Å². The fourth-order valence-corrected chi connectivity index (χ4v) is 2.55. The lowest BCUT2D eigenvalue weighted by molar-refractivity contribution is 0.0696. The lowest BCUT2D eigenvalue weighted by Gasteiger charge is -2.20. The van der Waals surface area contributed by atoms with Gasteiger partial charge in [0.15, 0.2) is 0 Å². The van der Waals surface area contributed by atoms with E-state index in [1.54, 1.807) is 12.1 Å². The number of carbonyl (C=O) groups is 1. The largest absolute Gasteiger partial charge is 0.478 e. The second-order valence-corrected chi connectivity index (χ2v) is 5.06. The second kappa shape index (κ2) is 5.96. The molecule has 1 aliphatic rings. The van der Waals surface area contributed by atoms with Gasteiger partial charge in [0.2, 0.25) is 0 Å². The predicted octanol–water partition coefficient (Wildman–Crippen LogP) is 2.45. The summed E-state index contributed by atoms with van der Waals surface area (Å²) in [6, 6.07) is 3.89. The molecule has 0 amide bonds. The monoisotopic (exact) mass is 248 g/mol. The van der Waals surface area contributed by atoms with Crippen LogP contribution in [-0.2, 0) is 6.54 Å². The summed E-state index contributed by atoms with van der Waals surface area (Å²) in [7, 11) is 0. The van der Waals surface area contributed by atoms with Crippen LogP contribution in [0.3, 0.4) is 0 Å². The molecule has 1 heterocycles. The average Bonchev–Trinajstić information content (AvgIpc) is 2.90. The van der Waals surface area contributed by atoms with Crippen LogP contribution < -0.4 is 5.32 Å². The highest BCUT2D eigenvalue weighted by atomic mass is 16.4. The quantitative estimate of drug-likeness (QED) is 0.840. The number of rotatable bonds is 5. The van der Waals surface area contributed by atoms with Gasteiger partial charge in [-0.1, -0.05) is 12.8 Å². The van der Waals surface area contributed by atoms with Crippen LogP contribution in [0.15, 0.2) is 18.3 Å². The van der Waals surface area contributed by atoms with Gasteiger partial charge < -0.3 is 10.4 Å². The van der Waals surface area contributed by atoms with Crippen molar-refractivity contribution in [3.8, 4) is 0 Å². The Morgan fingerprint density at radius 2 is 2.22 bits per heavy atom. The topological polar surface area (TPSA) is 62.2 Å². The number of nitrogens with zero attached hydrogens (tertiary/aromatic N) is 1. The minimum atomic E-state index is -0.929. The van der Waals surface area contributed by atoms with Gasteiger partial charge >= 0.3 is 5.97 Å². The van der Waals surface area contributed by atoms with Gasteiger partial charge in [-0.3, -0.25) is 4.98 Å². The van der Waals surface area contributed by atoms with Crippen molar-refractivity contribution in [3.05, 3.63) is 29.6 Å². The van der Waals surface area contributed by atoms with Crippen molar-refractivity contribution in [2.75, 3.05) is 0 Å². The first kappa shape index (κ1) is 13.0. The van der Waals surface area contributed by atoms with Crippen LogP contribution in [0.25, 0.3) is 0 Å². The summed E-state index contributed by atoms with van der Waals surface area (Å²) in [6.07, 6.45) is 6.75. The Labute approximate surface area is 107 Å². The van der Waals surface area contributed by atoms with E-state index in [4.69, 9.17) is 5.11 Å². The standard InChI is InChI=1S/C14H20N2O2/c1-10(11-4-2-3-5-11)15-9-13-7-6-12(8-16-13)14(17)18/h6-8,10-11,15H,2-5,9H2,1H3,(H,17,18). The van der Waals surface area contributed by atoms with Crippen LogP contribution in [0.1, 0.15) is 48.7 Å². The van der Waals surface area contributed by atoms with Crippen molar-refractivity contribution in [3.63, 3.8) is 0 Å². The van der Waals surface area contributed by atoms with Gasteiger partial charge in [-0.2, -0.15) is 0 Å². The zero-order chi connectivity index (χ0) is 13.0. The number of hydrogen-bond donors (Lipinski definition) is 2. The molecule has 2 rings (SSSR count). The molecule has 1 atom stereocenters. The van der Waals surface area contributed by atoms with Crippen molar-refractivity contribution in [2.45, 2.75) is 45.2 Å².